The zero-order valence-electron chi connectivity index (χ0n) is 11.8. The number of furan rings is 1. The summed E-state index contributed by atoms with van der Waals surface area (Å²) >= 11 is 0. The average molecular weight is 263 g/mol. The van der Waals surface area contributed by atoms with E-state index in [-0.39, 0.29) is 12.1 Å². The number of carbonyl (C=O) groups excluding carboxylic acids is 1. The Morgan fingerprint density at radius 2 is 2.32 bits per heavy atom. The lowest BCUT2D eigenvalue weighted by Crippen LogP contribution is -2.39. The van der Waals surface area contributed by atoms with E-state index in [1.54, 1.807) is 6.26 Å². The van der Waals surface area contributed by atoms with E-state index in [0.29, 0.717) is 6.54 Å². The van der Waals surface area contributed by atoms with E-state index in [9.17, 15) is 4.79 Å². The molecule has 1 atom stereocenters. The number of hydrogen-bond acceptors (Lipinski definition) is 4. The molecule has 0 aliphatic carbocycles. The molecule has 0 amide bonds. The number of nitrogens with zero attached hydrogens (tertiary/aromatic N) is 1. The van der Waals surface area contributed by atoms with Crippen LogP contribution >= 0.6 is 0 Å². The highest BCUT2D eigenvalue weighted by molar-refractivity contribution is 5.75. The van der Waals surface area contributed by atoms with Crippen LogP contribution in [0.15, 0.2) is 35.0 Å². The summed E-state index contributed by atoms with van der Waals surface area (Å²) < 4.78 is 10.8. The Morgan fingerprint density at radius 1 is 1.53 bits per heavy atom. The highest BCUT2D eigenvalue weighted by Gasteiger charge is 2.27. The molecule has 104 valence electrons. The van der Waals surface area contributed by atoms with Crippen molar-refractivity contribution in [1.29, 1.82) is 0 Å². The van der Waals surface area contributed by atoms with Gasteiger partial charge in [-0.2, -0.15) is 0 Å². The molecule has 0 bridgehead atoms. The molecule has 0 saturated heterocycles. The van der Waals surface area contributed by atoms with Gasteiger partial charge in [0.2, 0.25) is 0 Å². The second-order valence-electron chi connectivity index (χ2n) is 5.90. The molecule has 4 heteroatoms. The fourth-order valence-corrected chi connectivity index (χ4v) is 1.89. The quantitative estimate of drug-likeness (QED) is 0.621. The van der Waals surface area contributed by atoms with Crippen LogP contribution in [0.4, 0.5) is 0 Å². The number of rotatable bonds is 3. The SMILES string of the molecule is CC(C)(C)C(=O)OC1C=CCN(Cc2ccco2)C1. The molecule has 1 unspecified atom stereocenters. The van der Waals surface area contributed by atoms with Crippen molar-refractivity contribution in [1.82, 2.24) is 4.90 Å². The van der Waals surface area contributed by atoms with Crippen LogP contribution in [0, 0.1) is 5.41 Å². The summed E-state index contributed by atoms with van der Waals surface area (Å²) in [5.74, 6) is 0.762. The Hall–Kier alpha value is -1.55. The Balaban J connectivity index is 1.89. The smallest absolute Gasteiger partial charge is 0.311 e. The normalized spacial score (nSPS) is 20.5. The van der Waals surface area contributed by atoms with E-state index >= 15 is 0 Å². The van der Waals surface area contributed by atoms with Gasteiger partial charge in [0.15, 0.2) is 0 Å². The van der Waals surface area contributed by atoms with Crippen molar-refractivity contribution >= 4 is 5.97 Å². The minimum atomic E-state index is -0.461. The fraction of sp³-hybridized carbons (Fsp3) is 0.533. The van der Waals surface area contributed by atoms with E-state index in [1.165, 1.54) is 0 Å². The maximum absolute atomic E-state index is 11.9. The molecule has 1 aromatic heterocycles. The highest BCUT2D eigenvalue weighted by Crippen LogP contribution is 2.18. The maximum atomic E-state index is 11.9. The summed E-state index contributed by atoms with van der Waals surface area (Å²) in [6.45, 7) is 7.89. The Bertz CT molecular complexity index is 442. The second kappa shape index (κ2) is 5.61. The molecule has 0 spiro atoms. The van der Waals surface area contributed by atoms with Crippen LogP contribution in [0.1, 0.15) is 26.5 Å². The van der Waals surface area contributed by atoms with Crippen molar-refractivity contribution in [3.8, 4) is 0 Å². The molecule has 2 rings (SSSR count). The van der Waals surface area contributed by atoms with Gasteiger partial charge in [0.05, 0.1) is 18.2 Å². The van der Waals surface area contributed by atoms with Crippen LogP contribution < -0.4 is 0 Å². The van der Waals surface area contributed by atoms with Gasteiger partial charge in [-0.25, -0.2) is 0 Å². The van der Waals surface area contributed by atoms with Crippen LogP contribution in [-0.4, -0.2) is 30.1 Å². The van der Waals surface area contributed by atoms with Crippen LogP contribution in [0.3, 0.4) is 0 Å². The van der Waals surface area contributed by atoms with Gasteiger partial charge in [0.25, 0.3) is 0 Å². The molecule has 1 aromatic rings. The maximum Gasteiger partial charge on any atom is 0.311 e. The van der Waals surface area contributed by atoms with Crippen LogP contribution in [0.25, 0.3) is 0 Å². The zero-order valence-corrected chi connectivity index (χ0v) is 11.8. The van der Waals surface area contributed by atoms with E-state index in [0.717, 1.165) is 18.8 Å². The van der Waals surface area contributed by atoms with Crippen molar-refractivity contribution in [2.24, 2.45) is 5.41 Å². The summed E-state index contributed by atoms with van der Waals surface area (Å²) in [7, 11) is 0. The third-order valence-electron chi connectivity index (χ3n) is 2.98. The predicted octanol–water partition coefficient (Wildman–Crippen LogP) is 2.61. The number of esters is 1. The largest absolute Gasteiger partial charge is 0.468 e. The number of carbonyl (C=O) groups is 1. The van der Waals surface area contributed by atoms with E-state index in [4.69, 9.17) is 9.15 Å². The zero-order chi connectivity index (χ0) is 13.9. The number of hydrogen-bond donors (Lipinski definition) is 0. The third-order valence-corrected chi connectivity index (χ3v) is 2.98. The molecule has 0 radical (unpaired) electrons. The van der Waals surface area contributed by atoms with Gasteiger partial charge < -0.3 is 9.15 Å². The minimum absolute atomic E-state index is 0.165. The van der Waals surface area contributed by atoms with Gasteiger partial charge in [-0.3, -0.25) is 9.69 Å². The van der Waals surface area contributed by atoms with Crippen molar-refractivity contribution in [2.75, 3.05) is 13.1 Å². The van der Waals surface area contributed by atoms with Crippen molar-refractivity contribution in [2.45, 2.75) is 33.4 Å². The van der Waals surface area contributed by atoms with Gasteiger partial charge in [0, 0.05) is 13.1 Å². The minimum Gasteiger partial charge on any atom is -0.468 e. The Morgan fingerprint density at radius 3 is 2.95 bits per heavy atom. The highest BCUT2D eigenvalue weighted by atomic mass is 16.5. The van der Waals surface area contributed by atoms with E-state index in [2.05, 4.69) is 4.90 Å². The molecular weight excluding hydrogens is 242 g/mol. The van der Waals surface area contributed by atoms with Crippen LogP contribution in [0.5, 0.6) is 0 Å². The molecule has 1 aliphatic heterocycles. The molecular formula is C15H21NO3. The summed E-state index contributed by atoms with van der Waals surface area (Å²) in [6.07, 6.45) is 5.50. The summed E-state index contributed by atoms with van der Waals surface area (Å²) in [4.78, 5) is 14.1. The summed E-state index contributed by atoms with van der Waals surface area (Å²) in [5.41, 5.74) is -0.461. The Kier molecular flexibility index (Phi) is 4.10. The van der Waals surface area contributed by atoms with Crippen molar-refractivity contribution in [3.63, 3.8) is 0 Å². The van der Waals surface area contributed by atoms with Gasteiger partial charge in [-0.05, 0) is 39.0 Å². The van der Waals surface area contributed by atoms with Gasteiger partial charge in [-0.15, -0.1) is 0 Å². The fourth-order valence-electron chi connectivity index (χ4n) is 1.89. The molecule has 0 saturated carbocycles. The van der Waals surface area contributed by atoms with Gasteiger partial charge >= 0.3 is 5.97 Å². The number of ether oxygens (including phenoxy) is 1. The molecule has 19 heavy (non-hydrogen) atoms. The van der Waals surface area contributed by atoms with Crippen molar-refractivity contribution in [3.05, 3.63) is 36.3 Å². The second-order valence-corrected chi connectivity index (χ2v) is 5.90. The van der Waals surface area contributed by atoms with E-state index in [1.807, 2.05) is 45.1 Å². The first-order valence-corrected chi connectivity index (χ1v) is 6.57. The molecule has 0 fully saturated rings. The van der Waals surface area contributed by atoms with Gasteiger partial charge in [-0.1, -0.05) is 6.08 Å². The molecule has 2 heterocycles. The first-order chi connectivity index (χ1) is 8.95. The molecule has 1 aliphatic rings. The van der Waals surface area contributed by atoms with Crippen LogP contribution in [-0.2, 0) is 16.1 Å². The van der Waals surface area contributed by atoms with Crippen molar-refractivity contribution < 1.29 is 13.9 Å². The monoisotopic (exact) mass is 263 g/mol. The van der Waals surface area contributed by atoms with E-state index < -0.39 is 5.41 Å². The standard InChI is InChI=1S/C15H21NO3/c1-15(2,3)14(17)19-13-6-4-8-16(11-13)10-12-7-5-9-18-12/h4-7,9,13H,8,10-11H2,1-3H3. The summed E-state index contributed by atoms with van der Waals surface area (Å²) in [5, 5.41) is 0. The first-order valence-electron chi connectivity index (χ1n) is 6.57. The Labute approximate surface area is 114 Å². The molecule has 0 aromatic carbocycles. The lowest BCUT2D eigenvalue weighted by molar-refractivity contribution is -0.157. The van der Waals surface area contributed by atoms with Crippen LogP contribution in [0.2, 0.25) is 0 Å². The predicted molar refractivity (Wildman–Crippen MR) is 72.5 cm³/mol. The topological polar surface area (TPSA) is 42.7 Å². The lowest BCUT2D eigenvalue weighted by atomic mass is 9.97. The third kappa shape index (κ3) is 3.96. The molecule has 0 N–H and O–H groups in total. The summed E-state index contributed by atoms with van der Waals surface area (Å²) in [6, 6.07) is 3.83. The average Bonchev–Trinajstić information content (AvgIpc) is 2.81. The lowest BCUT2D eigenvalue weighted by Gasteiger charge is -2.29. The molecule has 4 nitrogen and oxygen atoms in total. The van der Waals surface area contributed by atoms with Gasteiger partial charge in [0.1, 0.15) is 11.9 Å². The first kappa shape index (κ1) is 13.9.